The largest absolute Gasteiger partial charge is 0.352 e. The normalized spacial score (nSPS) is 11.7. The zero-order valence-corrected chi connectivity index (χ0v) is 17.2. The van der Waals surface area contributed by atoms with Crippen LogP contribution in [-0.2, 0) is 6.54 Å². The van der Waals surface area contributed by atoms with Gasteiger partial charge in [-0.2, -0.15) is 0 Å². The summed E-state index contributed by atoms with van der Waals surface area (Å²) in [5.41, 5.74) is 1.28. The van der Waals surface area contributed by atoms with Gasteiger partial charge < -0.3 is 9.55 Å². The number of H-pyrrole nitrogens is 1. The summed E-state index contributed by atoms with van der Waals surface area (Å²) in [5.74, 6) is -1.06. The molecule has 0 unspecified atom stereocenters. The standard InChI is InChI=1S/C27H16F2N2O2/c28-20-10-4-8-16-24(20)30-22-12-19-23(13-18(22)26(16)32)31(14-15-6-2-1-3-7-15)25-17(27(19)33)9-5-11-21(25)29/h1-13H,14H2,(H,30,32). The molecule has 4 nitrogen and oxygen atoms in total. The number of hydrogen-bond donors (Lipinski definition) is 1. The molecule has 1 N–H and O–H groups in total. The Labute approximate surface area is 185 Å². The van der Waals surface area contributed by atoms with Crippen LogP contribution in [0.15, 0.2) is 88.5 Å². The predicted octanol–water partition coefficient (Wildman–Crippen LogP) is 5.48. The van der Waals surface area contributed by atoms with Crippen molar-refractivity contribution >= 4 is 43.6 Å². The number of nitrogens with one attached hydrogen (secondary N) is 1. The van der Waals surface area contributed by atoms with Crippen LogP contribution >= 0.6 is 0 Å². The van der Waals surface area contributed by atoms with Gasteiger partial charge in [0, 0.05) is 28.1 Å². The lowest BCUT2D eigenvalue weighted by Gasteiger charge is -2.17. The maximum absolute atomic E-state index is 15.0. The molecular weight excluding hydrogens is 422 g/mol. The second-order valence-electron chi connectivity index (χ2n) is 8.07. The average molecular weight is 438 g/mol. The first-order valence-electron chi connectivity index (χ1n) is 10.5. The van der Waals surface area contributed by atoms with Crippen molar-refractivity contribution in [1.82, 2.24) is 9.55 Å². The second-order valence-corrected chi connectivity index (χ2v) is 8.07. The van der Waals surface area contributed by atoms with Crippen molar-refractivity contribution in [3.05, 3.63) is 117 Å². The molecule has 0 amide bonds. The molecule has 0 saturated carbocycles. The lowest BCUT2D eigenvalue weighted by molar-refractivity contribution is 0.629. The number of benzene rings is 4. The molecule has 160 valence electrons. The maximum atomic E-state index is 15.0. The number of aromatic nitrogens is 2. The van der Waals surface area contributed by atoms with Crippen LogP contribution in [-0.4, -0.2) is 9.55 Å². The lowest BCUT2D eigenvalue weighted by atomic mass is 10.0. The van der Waals surface area contributed by atoms with Crippen LogP contribution in [0, 0.1) is 11.6 Å². The summed E-state index contributed by atoms with van der Waals surface area (Å²) in [6.07, 6.45) is 0. The Morgan fingerprint density at radius 3 is 2.18 bits per heavy atom. The molecule has 0 aliphatic carbocycles. The van der Waals surface area contributed by atoms with Gasteiger partial charge >= 0.3 is 0 Å². The van der Waals surface area contributed by atoms with Gasteiger partial charge in [0.2, 0.25) is 0 Å². The molecule has 6 heteroatoms. The minimum Gasteiger partial charge on any atom is -0.352 e. The van der Waals surface area contributed by atoms with Crippen molar-refractivity contribution < 1.29 is 8.78 Å². The van der Waals surface area contributed by atoms with Crippen LogP contribution in [0.3, 0.4) is 0 Å². The van der Waals surface area contributed by atoms with Gasteiger partial charge in [0.05, 0.1) is 22.1 Å². The van der Waals surface area contributed by atoms with Crippen molar-refractivity contribution in [2.24, 2.45) is 0 Å². The third-order valence-corrected chi connectivity index (χ3v) is 6.12. The number of aromatic amines is 1. The molecule has 2 aromatic heterocycles. The van der Waals surface area contributed by atoms with Crippen molar-refractivity contribution in [2.75, 3.05) is 0 Å². The minimum absolute atomic E-state index is 0.0887. The highest BCUT2D eigenvalue weighted by molar-refractivity contribution is 6.03. The van der Waals surface area contributed by atoms with Crippen LogP contribution in [0.5, 0.6) is 0 Å². The van der Waals surface area contributed by atoms with E-state index in [-0.39, 0.29) is 32.7 Å². The van der Waals surface area contributed by atoms with E-state index in [1.807, 2.05) is 30.3 Å². The van der Waals surface area contributed by atoms with Crippen molar-refractivity contribution in [2.45, 2.75) is 6.54 Å². The second kappa shape index (κ2) is 7.10. The molecule has 0 radical (unpaired) electrons. The number of fused-ring (bicyclic) bond motifs is 4. The fourth-order valence-corrected chi connectivity index (χ4v) is 4.57. The van der Waals surface area contributed by atoms with Gasteiger partial charge in [0.25, 0.3) is 0 Å². The Morgan fingerprint density at radius 2 is 1.39 bits per heavy atom. The number of hydrogen-bond acceptors (Lipinski definition) is 2. The van der Waals surface area contributed by atoms with Crippen molar-refractivity contribution in [3.63, 3.8) is 0 Å². The van der Waals surface area contributed by atoms with Gasteiger partial charge in [-0.25, -0.2) is 8.78 Å². The predicted molar refractivity (Wildman–Crippen MR) is 127 cm³/mol. The fourth-order valence-electron chi connectivity index (χ4n) is 4.57. The molecule has 0 atom stereocenters. The van der Waals surface area contributed by atoms with Gasteiger partial charge in [0.1, 0.15) is 11.6 Å². The molecule has 33 heavy (non-hydrogen) atoms. The monoisotopic (exact) mass is 438 g/mol. The van der Waals surface area contributed by atoms with E-state index in [9.17, 15) is 14.0 Å². The first kappa shape index (κ1) is 19.4. The molecule has 0 saturated heterocycles. The average Bonchev–Trinajstić information content (AvgIpc) is 2.83. The summed E-state index contributed by atoms with van der Waals surface area (Å²) in [5, 5.41) is 1.08. The van der Waals surface area contributed by atoms with Crippen LogP contribution in [0.2, 0.25) is 0 Å². The Kier molecular flexibility index (Phi) is 4.17. The Balaban J connectivity index is 1.82. The van der Waals surface area contributed by atoms with Crippen LogP contribution in [0.1, 0.15) is 5.56 Å². The summed E-state index contributed by atoms with van der Waals surface area (Å²) in [7, 11) is 0. The third-order valence-electron chi connectivity index (χ3n) is 6.12. The van der Waals surface area contributed by atoms with Gasteiger partial charge in [0.15, 0.2) is 10.9 Å². The van der Waals surface area contributed by atoms with E-state index in [1.54, 1.807) is 28.8 Å². The molecule has 6 aromatic rings. The van der Waals surface area contributed by atoms with Gasteiger partial charge in [-0.15, -0.1) is 0 Å². The Bertz CT molecular complexity index is 1850. The van der Waals surface area contributed by atoms with E-state index >= 15 is 4.39 Å². The van der Waals surface area contributed by atoms with Crippen LogP contribution < -0.4 is 10.9 Å². The molecule has 4 aromatic carbocycles. The van der Waals surface area contributed by atoms with Gasteiger partial charge in [-0.3, -0.25) is 9.59 Å². The minimum atomic E-state index is -0.548. The number of nitrogens with zero attached hydrogens (tertiary/aromatic N) is 1. The van der Waals surface area contributed by atoms with E-state index in [0.29, 0.717) is 28.4 Å². The zero-order chi connectivity index (χ0) is 22.7. The highest BCUT2D eigenvalue weighted by Gasteiger charge is 2.17. The number of pyridine rings is 2. The quantitative estimate of drug-likeness (QED) is 0.364. The van der Waals surface area contributed by atoms with E-state index in [2.05, 4.69) is 4.98 Å². The SMILES string of the molecule is O=c1c2cc3c(cc2[nH]c2c(F)cccc12)c(=O)c1cccc(F)c1n3Cc1ccccc1. The first-order valence-corrected chi connectivity index (χ1v) is 10.5. The summed E-state index contributed by atoms with van der Waals surface area (Å²) < 4.78 is 31.1. The molecule has 0 fully saturated rings. The fraction of sp³-hybridized carbons (Fsp3) is 0.0370. The van der Waals surface area contributed by atoms with E-state index in [4.69, 9.17) is 0 Å². The van der Waals surface area contributed by atoms with E-state index < -0.39 is 11.6 Å². The molecule has 6 rings (SSSR count). The number of para-hydroxylation sites is 2. The molecule has 0 aliphatic heterocycles. The Morgan fingerprint density at radius 1 is 0.697 bits per heavy atom. The lowest BCUT2D eigenvalue weighted by Crippen LogP contribution is -2.15. The Hall–Kier alpha value is -4.32. The number of rotatable bonds is 2. The summed E-state index contributed by atoms with van der Waals surface area (Å²) in [4.78, 5) is 29.5. The van der Waals surface area contributed by atoms with E-state index in [1.165, 1.54) is 24.3 Å². The summed E-state index contributed by atoms with van der Waals surface area (Å²) >= 11 is 0. The topological polar surface area (TPSA) is 54.9 Å². The highest BCUT2D eigenvalue weighted by Crippen LogP contribution is 2.27. The van der Waals surface area contributed by atoms with Crippen LogP contribution in [0.25, 0.3) is 43.6 Å². The molecule has 0 spiro atoms. The highest BCUT2D eigenvalue weighted by atomic mass is 19.1. The molecule has 0 aliphatic rings. The van der Waals surface area contributed by atoms with Gasteiger partial charge in [-0.1, -0.05) is 42.5 Å². The zero-order valence-electron chi connectivity index (χ0n) is 17.2. The van der Waals surface area contributed by atoms with Crippen LogP contribution in [0.4, 0.5) is 8.78 Å². The summed E-state index contributed by atoms with van der Waals surface area (Å²) in [6, 6.07) is 21.4. The molecule has 2 heterocycles. The molecular formula is C27H16F2N2O2. The van der Waals surface area contributed by atoms with Crippen molar-refractivity contribution in [3.8, 4) is 0 Å². The van der Waals surface area contributed by atoms with Crippen molar-refractivity contribution in [1.29, 1.82) is 0 Å². The smallest absolute Gasteiger partial charge is 0.197 e. The first-order chi connectivity index (χ1) is 16.0. The van der Waals surface area contributed by atoms with E-state index in [0.717, 1.165) is 5.56 Å². The maximum Gasteiger partial charge on any atom is 0.197 e. The third kappa shape index (κ3) is 2.88. The molecule has 0 bridgehead atoms. The summed E-state index contributed by atoms with van der Waals surface area (Å²) in [6.45, 7) is 0.306. The van der Waals surface area contributed by atoms with Gasteiger partial charge in [-0.05, 0) is 42.0 Å². The number of halogens is 2.